The maximum Gasteiger partial charge on any atom is 0.0702 e. The van der Waals surface area contributed by atoms with E-state index in [2.05, 4.69) is 46.4 Å². The minimum atomic E-state index is 0.663. The predicted molar refractivity (Wildman–Crippen MR) is 83.7 cm³/mol. The second-order valence-corrected chi connectivity index (χ2v) is 5.71. The molecule has 1 unspecified atom stereocenters. The molecule has 1 aromatic heterocycles. The van der Waals surface area contributed by atoms with Gasteiger partial charge in [-0.15, -0.1) is 0 Å². The van der Waals surface area contributed by atoms with Gasteiger partial charge in [0.05, 0.1) is 5.52 Å². The highest BCUT2D eigenvalue weighted by Gasteiger charge is 2.18. The van der Waals surface area contributed by atoms with Gasteiger partial charge in [-0.2, -0.15) is 0 Å². The molecule has 1 aliphatic rings. The quantitative estimate of drug-likeness (QED) is 0.925. The van der Waals surface area contributed by atoms with Gasteiger partial charge < -0.3 is 5.32 Å². The fraction of sp³-hybridized carbons (Fsp3) is 0.471. The van der Waals surface area contributed by atoms with Crippen molar-refractivity contribution in [3.63, 3.8) is 0 Å². The summed E-state index contributed by atoms with van der Waals surface area (Å²) in [6.07, 6.45) is 4.39. The van der Waals surface area contributed by atoms with Gasteiger partial charge in [-0.05, 0) is 30.2 Å². The zero-order chi connectivity index (χ0) is 13.8. The first-order chi connectivity index (χ1) is 9.85. The number of nitrogens with zero attached hydrogens (tertiary/aromatic N) is 2. The Hall–Kier alpha value is -1.45. The highest BCUT2D eigenvalue weighted by atomic mass is 15.2. The van der Waals surface area contributed by atoms with Crippen LogP contribution in [0.2, 0.25) is 0 Å². The molecule has 0 amide bonds. The summed E-state index contributed by atoms with van der Waals surface area (Å²) in [7, 11) is 0. The van der Waals surface area contributed by atoms with Crippen molar-refractivity contribution < 1.29 is 0 Å². The average Bonchev–Trinajstić information content (AvgIpc) is 2.48. The molecule has 0 saturated carbocycles. The lowest BCUT2D eigenvalue weighted by Crippen LogP contribution is -2.50. The van der Waals surface area contributed by atoms with Crippen molar-refractivity contribution in [2.75, 3.05) is 19.6 Å². The average molecular weight is 269 g/mol. The minimum Gasteiger partial charge on any atom is -0.311 e. The fourth-order valence-corrected chi connectivity index (χ4v) is 3.06. The Labute approximate surface area is 121 Å². The summed E-state index contributed by atoms with van der Waals surface area (Å²) in [5.74, 6) is 0. The van der Waals surface area contributed by atoms with Crippen LogP contribution in [0.1, 0.15) is 25.3 Å². The van der Waals surface area contributed by atoms with E-state index in [1.165, 1.54) is 30.3 Å². The number of benzene rings is 1. The van der Waals surface area contributed by atoms with Gasteiger partial charge in [0.15, 0.2) is 0 Å². The second kappa shape index (κ2) is 6.33. The number of piperazine rings is 1. The standard InChI is InChI=1S/C17H23N3/c1-2-4-16-13-20(10-9-18-16)12-14-6-7-17-15(11-14)5-3-8-19-17/h3,5-8,11,16,18H,2,4,9-10,12-13H2,1H3. The van der Waals surface area contributed by atoms with E-state index < -0.39 is 0 Å². The zero-order valence-corrected chi connectivity index (χ0v) is 12.2. The van der Waals surface area contributed by atoms with E-state index in [9.17, 15) is 0 Å². The van der Waals surface area contributed by atoms with Crippen molar-refractivity contribution in [1.29, 1.82) is 0 Å². The lowest BCUT2D eigenvalue weighted by molar-refractivity contribution is 0.187. The molecular weight excluding hydrogens is 246 g/mol. The maximum atomic E-state index is 4.38. The number of nitrogens with one attached hydrogen (secondary N) is 1. The molecule has 0 bridgehead atoms. The molecule has 1 N–H and O–H groups in total. The summed E-state index contributed by atoms with van der Waals surface area (Å²) in [6, 6.07) is 11.4. The SMILES string of the molecule is CCCC1CN(Cc2ccc3ncccc3c2)CCN1. The minimum absolute atomic E-state index is 0.663. The van der Waals surface area contributed by atoms with Crippen LogP contribution in [0.4, 0.5) is 0 Å². The molecule has 3 rings (SSSR count). The van der Waals surface area contributed by atoms with E-state index in [0.29, 0.717) is 6.04 Å². The number of hydrogen-bond donors (Lipinski definition) is 1. The molecule has 1 aromatic carbocycles. The number of aromatic nitrogens is 1. The normalized spacial score (nSPS) is 20.4. The van der Waals surface area contributed by atoms with Gasteiger partial charge in [-0.25, -0.2) is 0 Å². The molecule has 106 valence electrons. The Morgan fingerprint density at radius 1 is 1.35 bits per heavy atom. The van der Waals surface area contributed by atoms with E-state index in [4.69, 9.17) is 0 Å². The zero-order valence-electron chi connectivity index (χ0n) is 12.2. The van der Waals surface area contributed by atoms with Crippen molar-refractivity contribution in [3.8, 4) is 0 Å². The summed E-state index contributed by atoms with van der Waals surface area (Å²) in [5, 5.41) is 4.85. The van der Waals surface area contributed by atoms with E-state index >= 15 is 0 Å². The van der Waals surface area contributed by atoms with Crippen LogP contribution in [-0.2, 0) is 6.54 Å². The maximum absolute atomic E-state index is 4.38. The van der Waals surface area contributed by atoms with Crippen LogP contribution in [0.5, 0.6) is 0 Å². The van der Waals surface area contributed by atoms with E-state index in [1.807, 2.05) is 12.3 Å². The Balaban J connectivity index is 1.69. The molecule has 0 spiro atoms. The second-order valence-electron chi connectivity index (χ2n) is 5.71. The third kappa shape index (κ3) is 3.17. The van der Waals surface area contributed by atoms with Gasteiger partial charge >= 0.3 is 0 Å². The van der Waals surface area contributed by atoms with Gasteiger partial charge in [0, 0.05) is 43.8 Å². The van der Waals surface area contributed by atoms with Crippen LogP contribution in [0.3, 0.4) is 0 Å². The molecule has 3 heteroatoms. The Morgan fingerprint density at radius 2 is 2.30 bits per heavy atom. The van der Waals surface area contributed by atoms with Crippen molar-refractivity contribution in [2.45, 2.75) is 32.4 Å². The van der Waals surface area contributed by atoms with Gasteiger partial charge in [0.2, 0.25) is 0 Å². The Bertz CT molecular complexity index is 565. The van der Waals surface area contributed by atoms with Gasteiger partial charge in [-0.3, -0.25) is 9.88 Å². The lowest BCUT2D eigenvalue weighted by atomic mass is 10.1. The van der Waals surface area contributed by atoms with Crippen LogP contribution in [-0.4, -0.2) is 35.6 Å². The smallest absolute Gasteiger partial charge is 0.0702 e. The molecule has 20 heavy (non-hydrogen) atoms. The molecule has 1 atom stereocenters. The largest absolute Gasteiger partial charge is 0.311 e. The molecule has 3 nitrogen and oxygen atoms in total. The molecule has 0 radical (unpaired) electrons. The van der Waals surface area contributed by atoms with Gasteiger partial charge in [0.1, 0.15) is 0 Å². The first kappa shape index (κ1) is 13.5. The van der Waals surface area contributed by atoms with Crippen molar-refractivity contribution in [1.82, 2.24) is 15.2 Å². The highest BCUT2D eigenvalue weighted by molar-refractivity contribution is 5.78. The van der Waals surface area contributed by atoms with Crippen LogP contribution in [0.15, 0.2) is 36.5 Å². The fourth-order valence-electron chi connectivity index (χ4n) is 3.06. The van der Waals surface area contributed by atoms with Gasteiger partial charge in [0.25, 0.3) is 0 Å². The van der Waals surface area contributed by atoms with E-state index in [0.717, 1.165) is 25.2 Å². The molecular formula is C17H23N3. The van der Waals surface area contributed by atoms with Crippen molar-refractivity contribution >= 4 is 10.9 Å². The first-order valence-corrected chi connectivity index (χ1v) is 7.64. The number of hydrogen-bond acceptors (Lipinski definition) is 3. The third-order valence-electron chi connectivity index (χ3n) is 4.05. The summed E-state index contributed by atoms with van der Waals surface area (Å²) >= 11 is 0. The monoisotopic (exact) mass is 269 g/mol. The molecule has 1 saturated heterocycles. The van der Waals surface area contributed by atoms with E-state index in [1.54, 1.807) is 0 Å². The summed E-state index contributed by atoms with van der Waals surface area (Å²) in [6.45, 7) is 6.73. The molecule has 1 fully saturated rings. The Kier molecular flexibility index (Phi) is 4.28. The summed E-state index contributed by atoms with van der Waals surface area (Å²) in [5.41, 5.74) is 2.48. The number of pyridine rings is 1. The highest BCUT2D eigenvalue weighted by Crippen LogP contribution is 2.16. The van der Waals surface area contributed by atoms with Crippen LogP contribution < -0.4 is 5.32 Å². The predicted octanol–water partition coefficient (Wildman–Crippen LogP) is 2.81. The third-order valence-corrected chi connectivity index (χ3v) is 4.05. The molecule has 2 heterocycles. The topological polar surface area (TPSA) is 28.2 Å². The van der Waals surface area contributed by atoms with Crippen molar-refractivity contribution in [2.24, 2.45) is 0 Å². The van der Waals surface area contributed by atoms with E-state index in [-0.39, 0.29) is 0 Å². The lowest BCUT2D eigenvalue weighted by Gasteiger charge is -2.33. The first-order valence-electron chi connectivity index (χ1n) is 7.64. The number of fused-ring (bicyclic) bond motifs is 1. The summed E-state index contributed by atoms with van der Waals surface area (Å²) in [4.78, 5) is 6.95. The summed E-state index contributed by atoms with van der Waals surface area (Å²) < 4.78 is 0. The molecule has 1 aliphatic heterocycles. The van der Waals surface area contributed by atoms with Crippen molar-refractivity contribution in [3.05, 3.63) is 42.1 Å². The van der Waals surface area contributed by atoms with Gasteiger partial charge in [-0.1, -0.05) is 25.5 Å². The van der Waals surface area contributed by atoms with Crippen LogP contribution in [0, 0.1) is 0 Å². The molecule has 2 aromatic rings. The Morgan fingerprint density at radius 3 is 3.20 bits per heavy atom. The van der Waals surface area contributed by atoms with Crippen LogP contribution >= 0.6 is 0 Å². The molecule has 0 aliphatic carbocycles. The number of rotatable bonds is 4. The van der Waals surface area contributed by atoms with Crippen LogP contribution in [0.25, 0.3) is 10.9 Å².